The summed E-state index contributed by atoms with van der Waals surface area (Å²) in [6, 6.07) is 5.86. The van der Waals surface area contributed by atoms with Crippen LogP contribution in [0, 0.1) is 12.8 Å². The van der Waals surface area contributed by atoms with Crippen molar-refractivity contribution in [3.63, 3.8) is 0 Å². The van der Waals surface area contributed by atoms with Crippen LogP contribution in [0.4, 0.5) is 0 Å². The second-order valence-electron chi connectivity index (χ2n) is 4.56. The van der Waals surface area contributed by atoms with Crippen molar-refractivity contribution in [1.82, 2.24) is 0 Å². The van der Waals surface area contributed by atoms with Gasteiger partial charge in [0.2, 0.25) is 0 Å². The van der Waals surface area contributed by atoms with E-state index in [1.54, 1.807) is 0 Å². The van der Waals surface area contributed by atoms with Crippen molar-refractivity contribution in [2.24, 2.45) is 5.92 Å². The van der Waals surface area contributed by atoms with E-state index in [1.165, 1.54) is 12.8 Å². The third-order valence-corrected chi connectivity index (χ3v) is 3.39. The Kier molecular flexibility index (Phi) is 3.32. The summed E-state index contributed by atoms with van der Waals surface area (Å²) in [5.74, 6) is 0.865. The van der Waals surface area contributed by atoms with Gasteiger partial charge in [-0.3, -0.25) is 0 Å². The quantitative estimate of drug-likeness (QED) is 0.823. The van der Waals surface area contributed by atoms with E-state index in [4.69, 9.17) is 11.6 Å². The highest BCUT2D eigenvalue weighted by Gasteiger charge is 2.22. The van der Waals surface area contributed by atoms with E-state index in [2.05, 4.69) is 0 Å². The predicted octanol–water partition coefficient (Wildman–Crippen LogP) is 3.87. The largest absolute Gasteiger partial charge is 0.388 e. The molecule has 0 spiro atoms. The average Bonchev–Trinajstić information content (AvgIpc) is 2.97. The van der Waals surface area contributed by atoms with Crippen LogP contribution in [0.1, 0.15) is 42.9 Å². The second kappa shape index (κ2) is 4.54. The van der Waals surface area contributed by atoms with Crippen LogP contribution < -0.4 is 0 Å². The van der Waals surface area contributed by atoms with Crippen LogP contribution in [0.2, 0.25) is 5.02 Å². The number of hydrogen-bond donors (Lipinski definition) is 1. The SMILES string of the molecule is Cc1ccc(C(O)CCC2CC2)c(Cl)c1. The molecule has 0 bridgehead atoms. The first-order valence-corrected chi connectivity index (χ1v) is 5.98. The molecule has 0 aliphatic heterocycles. The number of aliphatic hydroxyl groups is 1. The molecule has 0 amide bonds. The lowest BCUT2D eigenvalue weighted by Gasteiger charge is -2.12. The van der Waals surface area contributed by atoms with Crippen LogP contribution >= 0.6 is 11.6 Å². The molecule has 0 saturated heterocycles. The summed E-state index contributed by atoms with van der Waals surface area (Å²) in [7, 11) is 0. The Morgan fingerprint density at radius 3 is 2.80 bits per heavy atom. The Balaban J connectivity index is 1.99. The molecule has 0 aromatic heterocycles. The number of aliphatic hydroxyl groups excluding tert-OH is 1. The molecule has 1 unspecified atom stereocenters. The van der Waals surface area contributed by atoms with E-state index in [0.29, 0.717) is 5.02 Å². The van der Waals surface area contributed by atoms with E-state index in [9.17, 15) is 5.11 Å². The van der Waals surface area contributed by atoms with Gasteiger partial charge in [-0.15, -0.1) is 0 Å². The lowest BCUT2D eigenvalue weighted by atomic mass is 10.0. The van der Waals surface area contributed by atoms with Crippen LogP contribution in [0.15, 0.2) is 18.2 Å². The van der Waals surface area contributed by atoms with Crippen molar-refractivity contribution < 1.29 is 5.11 Å². The molecule has 1 atom stereocenters. The van der Waals surface area contributed by atoms with Gasteiger partial charge in [-0.05, 0) is 42.9 Å². The van der Waals surface area contributed by atoms with Crippen molar-refractivity contribution in [1.29, 1.82) is 0 Å². The number of hydrogen-bond acceptors (Lipinski definition) is 1. The molecule has 1 aromatic carbocycles. The van der Waals surface area contributed by atoms with Crippen LogP contribution in [-0.2, 0) is 0 Å². The van der Waals surface area contributed by atoms with Gasteiger partial charge in [0.05, 0.1) is 6.10 Å². The standard InChI is InChI=1S/C13H17ClO/c1-9-2-6-11(12(14)8-9)13(15)7-5-10-3-4-10/h2,6,8,10,13,15H,3-5,7H2,1H3. The van der Waals surface area contributed by atoms with E-state index in [0.717, 1.165) is 29.9 Å². The maximum absolute atomic E-state index is 9.98. The van der Waals surface area contributed by atoms with Gasteiger partial charge in [-0.1, -0.05) is 36.6 Å². The molecule has 1 saturated carbocycles. The molecule has 0 radical (unpaired) electrons. The Morgan fingerprint density at radius 1 is 1.47 bits per heavy atom. The number of benzene rings is 1. The van der Waals surface area contributed by atoms with Gasteiger partial charge < -0.3 is 5.11 Å². The fourth-order valence-corrected chi connectivity index (χ4v) is 2.22. The van der Waals surface area contributed by atoms with Crippen LogP contribution in [0.25, 0.3) is 0 Å². The van der Waals surface area contributed by atoms with Gasteiger partial charge in [-0.2, -0.15) is 0 Å². The van der Waals surface area contributed by atoms with Crippen molar-refractivity contribution in [3.05, 3.63) is 34.3 Å². The first-order valence-electron chi connectivity index (χ1n) is 5.61. The molecule has 2 rings (SSSR count). The summed E-state index contributed by atoms with van der Waals surface area (Å²) in [4.78, 5) is 0. The third-order valence-electron chi connectivity index (χ3n) is 3.06. The summed E-state index contributed by atoms with van der Waals surface area (Å²) in [5, 5.41) is 10.7. The van der Waals surface area contributed by atoms with Crippen molar-refractivity contribution in [2.45, 2.75) is 38.7 Å². The molecule has 1 fully saturated rings. The highest BCUT2D eigenvalue weighted by Crippen LogP contribution is 2.36. The molecule has 82 valence electrons. The molecule has 1 aliphatic carbocycles. The Bertz CT molecular complexity index is 344. The van der Waals surface area contributed by atoms with Gasteiger partial charge in [0, 0.05) is 5.02 Å². The zero-order valence-corrected chi connectivity index (χ0v) is 9.80. The first kappa shape index (κ1) is 11.0. The highest BCUT2D eigenvalue weighted by atomic mass is 35.5. The molecular formula is C13H17ClO. The summed E-state index contributed by atoms with van der Waals surface area (Å²) in [6.45, 7) is 2.01. The Hall–Kier alpha value is -0.530. The molecule has 1 nitrogen and oxygen atoms in total. The minimum absolute atomic E-state index is 0.390. The number of rotatable bonds is 4. The highest BCUT2D eigenvalue weighted by molar-refractivity contribution is 6.31. The summed E-state index contributed by atoms with van der Waals surface area (Å²) < 4.78 is 0. The molecular weight excluding hydrogens is 208 g/mol. The predicted molar refractivity (Wildman–Crippen MR) is 63.1 cm³/mol. The molecule has 1 N–H and O–H groups in total. The molecule has 1 aliphatic rings. The maximum Gasteiger partial charge on any atom is 0.0804 e. The number of aryl methyl sites for hydroxylation is 1. The van der Waals surface area contributed by atoms with Gasteiger partial charge in [0.25, 0.3) is 0 Å². The number of halogens is 1. The minimum Gasteiger partial charge on any atom is -0.388 e. The summed E-state index contributed by atoms with van der Waals surface area (Å²) in [6.07, 6.45) is 4.26. The molecule has 1 aromatic rings. The minimum atomic E-state index is -0.390. The van der Waals surface area contributed by atoms with Crippen molar-refractivity contribution >= 4 is 11.6 Å². The zero-order chi connectivity index (χ0) is 10.8. The third kappa shape index (κ3) is 2.96. The Labute approximate surface area is 96.1 Å². The van der Waals surface area contributed by atoms with Gasteiger partial charge >= 0.3 is 0 Å². The lowest BCUT2D eigenvalue weighted by Crippen LogP contribution is -1.99. The van der Waals surface area contributed by atoms with E-state index < -0.39 is 6.10 Å². The van der Waals surface area contributed by atoms with Crippen molar-refractivity contribution in [2.75, 3.05) is 0 Å². The second-order valence-corrected chi connectivity index (χ2v) is 4.97. The average molecular weight is 225 g/mol. The first-order chi connectivity index (χ1) is 7.16. The normalized spacial score (nSPS) is 17.8. The monoisotopic (exact) mass is 224 g/mol. The van der Waals surface area contributed by atoms with Gasteiger partial charge in [-0.25, -0.2) is 0 Å². The van der Waals surface area contributed by atoms with Crippen LogP contribution in [0.3, 0.4) is 0 Å². The van der Waals surface area contributed by atoms with Crippen LogP contribution in [-0.4, -0.2) is 5.11 Å². The van der Waals surface area contributed by atoms with Gasteiger partial charge in [0.15, 0.2) is 0 Å². The molecule has 0 heterocycles. The fraction of sp³-hybridized carbons (Fsp3) is 0.538. The smallest absolute Gasteiger partial charge is 0.0804 e. The van der Waals surface area contributed by atoms with E-state index >= 15 is 0 Å². The zero-order valence-electron chi connectivity index (χ0n) is 9.04. The molecule has 15 heavy (non-hydrogen) atoms. The van der Waals surface area contributed by atoms with Crippen molar-refractivity contribution in [3.8, 4) is 0 Å². The van der Waals surface area contributed by atoms with E-state index in [1.807, 2.05) is 25.1 Å². The summed E-state index contributed by atoms with van der Waals surface area (Å²) >= 11 is 6.10. The van der Waals surface area contributed by atoms with Gasteiger partial charge in [0.1, 0.15) is 0 Å². The molecule has 2 heteroatoms. The van der Waals surface area contributed by atoms with E-state index in [-0.39, 0.29) is 0 Å². The van der Waals surface area contributed by atoms with Crippen LogP contribution in [0.5, 0.6) is 0 Å². The topological polar surface area (TPSA) is 20.2 Å². The lowest BCUT2D eigenvalue weighted by molar-refractivity contribution is 0.162. The summed E-state index contributed by atoms with van der Waals surface area (Å²) in [5.41, 5.74) is 2.01. The maximum atomic E-state index is 9.98. The Morgan fingerprint density at radius 2 is 2.20 bits per heavy atom. The fourth-order valence-electron chi connectivity index (χ4n) is 1.86.